The van der Waals surface area contributed by atoms with Crippen molar-refractivity contribution < 1.29 is 67.8 Å². The summed E-state index contributed by atoms with van der Waals surface area (Å²) in [5.41, 5.74) is 0.394. The Kier molecular flexibility index (Phi) is 15.7. The van der Waals surface area contributed by atoms with Gasteiger partial charge in [0.2, 0.25) is 5.91 Å². The number of benzene rings is 5. The second kappa shape index (κ2) is 20.4. The van der Waals surface area contributed by atoms with E-state index in [0.29, 0.717) is 6.42 Å². The molecule has 0 spiro atoms. The molecule has 5 aromatic carbocycles. The number of aromatic hydroxyl groups is 2. The number of carbonyl (C=O) groups is 2. The van der Waals surface area contributed by atoms with Crippen LogP contribution in [0.15, 0.2) is 105 Å². The number of amides is 2. The van der Waals surface area contributed by atoms with Crippen LogP contribution in [0.1, 0.15) is 78.9 Å². The largest absolute Gasteiger partial charge is 0.508 e. The van der Waals surface area contributed by atoms with Gasteiger partial charge in [-0.25, -0.2) is 4.18 Å². The molecular formula is C45H52N4O15S3. The number of fused-ring (bicyclic) bond motifs is 1. The minimum Gasteiger partial charge on any atom is -0.508 e. The molecule has 5 rings (SSSR count). The Bertz CT molecular complexity index is 3030. The summed E-state index contributed by atoms with van der Waals surface area (Å²) >= 11 is 0. The van der Waals surface area contributed by atoms with Crippen molar-refractivity contribution >= 4 is 75.7 Å². The SMILES string of the molecule is CCC(C)(C)c1ccc(OC(OS(=O)(=O)CCCOc2ccc(N=Nc3c(S(=O)(=O)O)cc4cc(S(=O)(=O)O)cc(NC(C)=O)c4c3O)cc2)C(=O)Nc2ccc(O)cc2)c(C(C)(C)CC)c1. The number of phenolic OH excluding ortho intramolecular Hbond substituents is 2. The molecule has 0 aliphatic heterocycles. The molecule has 5 aromatic rings. The molecule has 0 heterocycles. The third-order valence-electron chi connectivity index (χ3n) is 11.0. The number of phenols is 2. The van der Waals surface area contributed by atoms with Gasteiger partial charge in [-0.3, -0.25) is 18.7 Å². The molecule has 0 aliphatic rings. The second-order valence-corrected chi connectivity index (χ2v) is 21.2. The summed E-state index contributed by atoms with van der Waals surface area (Å²) in [5.74, 6) is -2.68. The van der Waals surface area contributed by atoms with Gasteiger partial charge < -0.3 is 30.3 Å². The maximum Gasteiger partial charge on any atom is 0.296 e. The molecule has 0 bridgehead atoms. The van der Waals surface area contributed by atoms with Crippen molar-refractivity contribution in [1.82, 2.24) is 0 Å². The van der Waals surface area contributed by atoms with Crippen molar-refractivity contribution in [2.75, 3.05) is 23.0 Å². The number of carbonyl (C=O) groups excluding carboxylic acids is 2. The van der Waals surface area contributed by atoms with Crippen LogP contribution in [0.25, 0.3) is 10.8 Å². The molecule has 360 valence electrons. The lowest BCUT2D eigenvalue weighted by molar-refractivity contribution is -0.134. The van der Waals surface area contributed by atoms with Gasteiger partial charge in [0, 0.05) is 23.6 Å². The summed E-state index contributed by atoms with van der Waals surface area (Å²) in [6, 6.07) is 19.2. The van der Waals surface area contributed by atoms with Crippen molar-refractivity contribution in [3.63, 3.8) is 0 Å². The molecule has 19 nitrogen and oxygen atoms in total. The van der Waals surface area contributed by atoms with E-state index in [0.717, 1.165) is 42.7 Å². The van der Waals surface area contributed by atoms with Crippen molar-refractivity contribution in [3.8, 4) is 23.0 Å². The third-order valence-corrected chi connectivity index (χ3v) is 13.9. The minimum absolute atomic E-state index is 0.0468. The van der Waals surface area contributed by atoms with E-state index in [1.165, 1.54) is 48.5 Å². The standard InChI is InChI=1S/C45H52N4O15S3/c1-8-44(4,5)29-11-20-37(35(25-29)45(6,7)9-2)63-43(42(53)47-30-12-16-32(51)17-13-30)64-65(54,55)22-10-21-62-33-18-14-31(15-19-33)48-49-40-38(67(59,60)61)24-28-23-34(66(56,57)58)26-36(46-27(3)50)39(28)41(40)52/h11-20,23-26,43,51-52H,8-10,21-22H2,1-7H3,(H,46,50)(H,47,53)(H,56,57,58)(H,59,60,61). The number of hydrogen-bond donors (Lipinski definition) is 6. The lowest BCUT2D eigenvalue weighted by Gasteiger charge is -2.31. The first kappa shape index (κ1) is 51.8. The van der Waals surface area contributed by atoms with Crippen LogP contribution < -0.4 is 20.1 Å². The second-order valence-electron chi connectivity index (χ2n) is 16.7. The predicted octanol–water partition coefficient (Wildman–Crippen LogP) is 8.65. The molecule has 6 N–H and O–H groups in total. The van der Waals surface area contributed by atoms with Gasteiger partial charge in [-0.05, 0) is 114 Å². The smallest absolute Gasteiger partial charge is 0.296 e. The lowest BCUT2D eigenvalue weighted by atomic mass is 9.76. The molecule has 2 amide bonds. The Morgan fingerprint density at radius 2 is 1.40 bits per heavy atom. The number of ether oxygens (including phenoxy) is 2. The number of rotatable bonds is 20. The molecule has 1 atom stereocenters. The molecule has 0 saturated carbocycles. The summed E-state index contributed by atoms with van der Waals surface area (Å²) < 4.78 is 112. The quantitative estimate of drug-likeness (QED) is 0.0106. The van der Waals surface area contributed by atoms with Crippen molar-refractivity contribution in [1.29, 1.82) is 0 Å². The first-order valence-electron chi connectivity index (χ1n) is 20.7. The van der Waals surface area contributed by atoms with E-state index >= 15 is 0 Å². The van der Waals surface area contributed by atoms with Crippen LogP contribution in [0.3, 0.4) is 0 Å². The Hall–Kier alpha value is -6.17. The van der Waals surface area contributed by atoms with E-state index in [4.69, 9.17) is 13.7 Å². The first-order chi connectivity index (χ1) is 31.1. The van der Waals surface area contributed by atoms with E-state index in [1.54, 1.807) is 6.07 Å². The van der Waals surface area contributed by atoms with Gasteiger partial charge in [-0.1, -0.05) is 53.7 Å². The van der Waals surface area contributed by atoms with E-state index in [2.05, 4.69) is 41.6 Å². The Balaban J connectivity index is 1.32. The molecule has 0 radical (unpaired) electrons. The van der Waals surface area contributed by atoms with Gasteiger partial charge in [0.15, 0.2) is 5.75 Å². The molecular weight excluding hydrogens is 933 g/mol. The van der Waals surface area contributed by atoms with Gasteiger partial charge >= 0.3 is 0 Å². The van der Waals surface area contributed by atoms with Gasteiger partial charge in [0.25, 0.3) is 42.6 Å². The van der Waals surface area contributed by atoms with Crippen LogP contribution in [-0.2, 0) is 55.0 Å². The Labute approximate surface area is 388 Å². The topological polar surface area (TPSA) is 294 Å². The monoisotopic (exact) mass is 984 g/mol. The van der Waals surface area contributed by atoms with Crippen LogP contribution in [-0.4, -0.2) is 75.0 Å². The minimum atomic E-state index is -5.14. The maximum absolute atomic E-state index is 13.7. The fraction of sp³-hybridized carbons (Fsp3) is 0.333. The summed E-state index contributed by atoms with van der Waals surface area (Å²) in [7, 11) is -14.5. The summed E-state index contributed by atoms with van der Waals surface area (Å²) in [6.45, 7) is 13.3. The highest BCUT2D eigenvalue weighted by Crippen LogP contribution is 2.45. The van der Waals surface area contributed by atoms with Crippen LogP contribution >= 0.6 is 0 Å². The highest BCUT2D eigenvalue weighted by molar-refractivity contribution is 7.86. The molecule has 67 heavy (non-hydrogen) atoms. The average Bonchev–Trinajstić information content (AvgIpc) is 3.24. The summed E-state index contributed by atoms with van der Waals surface area (Å²) in [4.78, 5) is 23.8. The maximum atomic E-state index is 13.7. The zero-order valence-electron chi connectivity index (χ0n) is 37.6. The third kappa shape index (κ3) is 13.3. The fourth-order valence-corrected chi connectivity index (χ4v) is 8.63. The van der Waals surface area contributed by atoms with Gasteiger partial charge in [0.1, 0.15) is 27.8 Å². The lowest BCUT2D eigenvalue weighted by Crippen LogP contribution is -2.38. The molecule has 1 unspecified atom stereocenters. The zero-order chi connectivity index (χ0) is 49.7. The van der Waals surface area contributed by atoms with E-state index in [-0.39, 0.29) is 63.5 Å². The van der Waals surface area contributed by atoms with Crippen LogP contribution in [0.4, 0.5) is 22.7 Å². The van der Waals surface area contributed by atoms with Crippen molar-refractivity contribution in [3.05, 3.63) is 96.1 Å². The Morgan fingerprint density at radius 1 is 0.761 bits per heavy atom. The van der Waals surface area contributed by atoms with E-state index in [1.807, 2.05) is 32.9 Å². The van der Waals surface area contributed by atoms with Crippen molar-refractivity contribution in [2.45, 2.75) is 94.6 Å². The first-order valence-corrected chi connectivity index (χ1v) is 25.1. The Morgan fingerprint density at radius 3 is 1.99 bits per heavy atom. The van der Waals surface area contributed by atoms with Crippen LogP contribution in [0, 0.1) is 0 Å². The number of hydrogen-bond acceptors (Lipinski definition) is 15. The zero-order valence-corrected chi connectivity index (χ0v) is 40.0. The highest BCUT2D eigenvalue weighted by Gasteiger charge is 2.33. The molecule has 0 aromatic heterocycles. The number of anilines is 2. The molecule has 0 fully saturated rings. The number of nitrogens with zero attached hydrogens (tertiary/aromatic N) is 2. The van der Waals surface area contributed by atoms with E-state index in [9.17, 15) is 54.2 Å². The highest BCUT2D eigenvalue weighted by atomic mass is 32.2. The average molecular weight is 985 g/mol. The van der Waals surface area contributed by atoms with Crippen LogP contribution in [0.2, 0.25) is 0 Å². The normalized spacial score (nSPS) is 13.1. The number of azo groups is 1. The van der Waals surface area contributed by atoms with Crippen LogP contribution in [0.5, 0.6) is 23.0 Å². The van der Waals surface area contributed by atoms with Gasteiger partial charge in [-0.2, -0.15) is 30.4 Å². The number of nitrogens with one attached hydrogen (secondary N) is 2. The van der Waals surface area contributed by atoms with E-state index < -0.39 is 80.9 Å². The van der Waals surface area contributed by atoms with Gasteiger partial charge in [0.05, 0.1) is 28.6 Å². The summed E-state index contributed by atoms with van der Waals surface area (Å²) in [6.07, 6.45) is -0.518. The molecule has 0 aliphatic carbocycles. The molecule has 22 heteroatoms. The fourth-order valence-electron chi connectivity index (χ4n) is 6.47. The predicted molar refractivity (Wildman–Crippen MR) is 249 cm³/mol. The van der Waals surface area contributed by atoms with Gasteiger partial charge in [-0.15, -0.1) is 5.11 Å². The van der Waals surface area contributed by atoms with Crippen molar-refractivity contribution in [2.24, 2.45) is 10.2 Å². The summed E-state index contributed by atoms with van der Waals surface area (Å²) in [5, 5.41) is 33.0. The molecule has 0 saturated heterocycles.